The summed E-state index contributed by atoms with van der Waals surface area (Å²) in [7, 11) is 0. The molecular weight excluding hydrogens is 380 g/mol. The fourth-order valence-electron chi connectivity index (χ4n) is 2.89. The van der Waals surface area contributed by atoms with Gasteiger partial charge in [0.2, 0.25) is 0 Å². The Balaban J connectivity index is 2.29. The molecule has 2 nitrogen and oxygen atoms in total. The fourth-order valence-corrected chi connectivity index (χ4v) is 4.34. The largest absolute Gasteiger partial charge is 0.364 e. The van der Waals surface area contributed by atoms with Gasteiger partial charge in [0.05, 0.1) is 5.69 Å². The molecule has 3 unspecified atom stereocenters. The van der Waals surface area contributed by atoms with Gasteiger partial charge in [0, 0.05) is 34.1 Å². The molecule has 1 saturated heterocycles. The molecule has 1 aromatic carbocycles. The van der Waals surface area contributed by atoms with Crippen LogP contribution in [0.15, 0.2) is 27.1 Å². The highest BCUT2D eigenvalue weighted by molar-refractivity contribution is 9.11. The van der Waals surface area contributed by atoms with Gasteiger partial charge in [-0.05, 0) is 56.3 Å². The molecule has 1 aliphatic heterocycles. The van der Waals surface area contributed by atoms with Gasteiger partial charge < -0.3 is 10.2 Å². The van der Waals surface area contributed by atoms with E-state index in [-0.39, 0.29) is 0 Å². The normalized spacial score (nSPS) is 24.8. The summed E-state index contributed by atoms with van der Waals surface area (Å²) in [6, 6.07) is 7.47. The number of nitrogens with one attached hydrogen (secondary N) is 1. The molecule has 0 saturated carbocycles. The van der Waals surface area contributed by atoms with Crippen molar-refractivity contribution in [2.75, 3.05) is 18.0 Å². The first kappa shape index (κ1) is 16.3. The molecule has 0 radical (unpaired) electrons. The molecule has 3 atom stereocenters. The highest BCUT2D eigenvalue weighted by Gasteiger charge is 2.31. The molecular formula is C16H24Br2N2. The average Bonchev–Trinajstić information content (AvgIpc) is 2.46. The number of rotatable bonds is 4. The van der Waals surface area contributed by atoms with Crippen LogP contribution < -0.4 is 10.2 Å². The van der Waals surface area contributed by atoms with E-state index in [9.17, 15) is 0 Å². The van der Waals surface area contributed by atoms with Crippen LogP contribution in [-0.2, 0) is 0 Å². The molecule has 112 valence electrons. The first-order valence-corrected chi connectivity index (χ1v) is 9.11. The minimum Gasteiger partial charge on any atom is -0.364 e. The quantitative estimate of drug-likeness (QED) is 0.775. The summed E-state index contributed by atoms with van der Waals surface area (Å²) >= 11 is 7.44. The SMILES string of the molecule is CCC(C)C1CN(c2c(Br)cccc2Br)C(CC)CN1. The van der Waals surface area contributed by atoms with Gasteiger partial charge in [-0.25, -0.2) is 0 Å². The summed E-state index contributed by atoms with van der Waals surface area (Å²) in [5.74, 6) is 0.705. The molecule has 0 bridgehead atoms. The van der Waals surface area contributed by atoms with E-state index in [0.29, 0.717) is 18.0 Å². The van der Waals surface area contributed by atoms with E-state index < -0.39 is 0 Å². The van der Waals surface area contributed by atoms with Crippen LogP contribution in [0.5, 0.6) is 0 Å². The van der Waals surface area contributed by atoms with Gasteiger partial charge >= 0.3 is 0 Å². The highest BCUT2D eigenvalue weighted by atomic mass is 79.9. The zero-order valence-electron chi connectivity index (χ0n) is 12.5. The van der Waals surface area contributed by atoms with E-state index in [1.165, 1.54) is 21.1 Å². The molecule has 4 heteroatoms. The Morgan fingerprint density at radius 3 is 2.50 bits per heavy atom. The lowest BCUT2D eigenvalue weighted by molar-refractivity contribution is 0.306. The number of nitrogens with zero attached hydrogens (tertiary/aromatic N) is 1. The molecule has 1 fully saturated rings. The molecule has 1 heterocycles. The van der Waals surface area contributed by atoms with Gasteiger partial charge in [-0.2, -0.15) is 0 Å². The van der Waals surface area contributed by atoms with Gasteiger partial charge in [-0.1, -0.05) is 33.3 Å². The Hall–Kier alpha value is -0.0600. The van der Waals surface area contributed by atoms with Crippen LogP contribution >= 0.6 is 31.9 Å². The van der Waals surface area contributed by atoms with Crippen LogP contribution in [0.2, 0.25) is 0 Å². The Morgan fingerprint density at radius 1 is 1.30 bits per heavy atom. The van der Waals surface area contributed by atoms with Crippen molar-refractivity contribution in [3.05, 3.63) is 27.1 Å². The smallest absolute Gasteiger partial charge is 0.0658 e. The molecule has 0 spiro atoms. The van der Waals surface area contributed by atoms with Crippen molar-refractivity contribution in [1.29, 1.82) is 0 Å². The van der Waals surface area contributed by atoms with Crippen molar-refractivity contribution >= 4 is 37.5 Å². The van der Waals surface area contributed by atoms with E-state index in [2.05, 4.69) is 81.0 Å². The third-order valence-corrected chi connectivity index (χ3v) is 5.76. The summed E-state index contributed by atoms with van der Waals surface area (Å²) in [6.07, 6.45) is 2.38. The number of para-hydroxylation sites is 1. The van der Waals surface area contributed by atoms with Gasteiger partial charge in [-0.3, -0.25) is 0 Å². The third-order valence-electron chi connectivity index (χ3n) is 4.48. The lowest BCUT2D eigenvalue weighted by Gasteiger charge is -2.44. The average molecular weight is 404 g/mol. The Labute approximate surface area is 139 Å². The number of piperazine rings is 1. The summed E-state index contributed by atoms with van der Waals surface area (Å²) in [6.45, 7) is 9.04. The number of hydrogen-bond donors (Lipinski definition) is 1. The van der Waals surface area contributed by atoms with Crippen LogP contribution in [0.4, 0.5) is 5.69 Å². The van der Waals surface area contributed by atoms with Crippen LogP contribution in [0.25, 0.3) is 0 Å². The third kappa shape index (κ3) is 3.40. The molecule has 2 rings (SSSR count). The Morgan fingerprint density at radius 2 is 1.95 bits per heavy atom. The summed E-state index contributed by atoms with van der Waals surface area (Å²) in [4.78, 5) is 2.57. The summed E-state index contributed by atoms with van der Waals surface area (Å²) in [5, 5.41) is 3.74. The highest BCUT2D eigenvalue weighted by Crippen LogP contribution is 2.37. The molecule has 1 aliphatic rings. The molecule has 1 aromatic rings. The van der Waals surface area contributed by atoms with Crippen molar-refractivity contribution in [2.45, 2.75) is 45.7 Å². The lowest BCUT2D eigenvalue weighted by atomic mass is 9.94. The predicted molar refractivity (Wildman–Crippen MR) is 94.5 cm³/mol. The van der Waals surface area contributed by atoms with E-state index in [1.807, 2.05) is 0 Å². The van der Waals surface area contributed by atoms with Gasteiger partial charge in [0.15, 0.2) is 0 Å². The van der Waals surface area contributed by atoms with E-state index in [4.69, 9.17) is 0 Å². The summed E-state index contributed by atoms with van der Waals surface area (Å²) < 4.78 is 2.35. The maximum absolute atomic E-state index is 3.74. The Kier molecular flexibility index (Phi) is 5.94. The van der Waals surface area contributed by atoms with Crippen LogP contribution in [0.3, 0.4) is 0 Å². The van der Waals surface area contributed by atoms with Crippen molar-refractivity contribution < 1.29 is 0 Å². The van der Waals surface area contributed by atoms with Crippen LogP contribution in [0.1, 0.15) is 33.6 Å². The zero-order valence-corrected chi connectivity index (χ0v) is 15.7. The second kappa shape index (κ2) is 7.28. The van der Waals surface area contributed by atoms with Gasteiger partial charge in [-0.15, -0.1) is 0 Å². The standard InChI is InChI=1S/C16H24Br2N2/c1-4-11(3)15-10-20(12(5-2)9-19-15)16-13(17)7-6-8-14(16)18/h6-8,11-12,15,19H,4-5,9-10H2,1-3H3. The molecule has 20 heavy (non-hydrogen) atoms. The first-order chi connectivity index (χ1) is 9.58. The van der Waals surface area contributed by atoms with E-state index in [1.54, 1.807) is 0 Å². The molecule has 0 amide bonds. The van der Waals surface area contributed by atoms with Crippen LogP contribution in [-0.4, -0.2) is 25.2 Å². The molecule has 1 N–H and O–H groups in total. The second-order valence-electron chi connectivity index (χ2n) is 5.68. The molecule has 0 aliphatic carbocycles. The van der Waals surface area contributed by atoms with Crippen molar-refractivity contribution in [1.82, 2.24) is 5.32 Å². The van der Waals surface area contributed by atoms with E-state index >= 15 is 0 Å². The summed E-state index contributed by atoms with van der Waals surface area (Å²) in [5.41, 5.74) is 1.30. The predicted octanol–water partition coefficient (Wildman–Crippen LogP) is 4.81. The van der Waals surface area contributed by atoms with Crippen molar-refractivity contribution in [2.24, 2.45) is 5.92 Å². The number of hydrogen-bond acceptors (Lipinski definition) is 2. The minimum absolute atomic E-state index is 0.560. The van der Waals surface area contributed by atoms with E-state index in [0.717, 1.165) is 19.5 Å². The number of anilines is 1. The zero-order chi connectivity index (χ0) is 14.7. The monoisotopic (exact) mass is 402 g/mol. The minimum atomic E-state index is 0.560. The second-order valence-corrected chi connectivity index (χ2v) is 7.39. The molecule has 0 aromatic heterocycles. The maximum atomic E-state index is 3.74. The van der Waals surface area contributed by atoms with Gasteiger partial charge in [0.1, 0.15) is 0 Å². The van der Waals surface area contributed by atoms with Crippen molar-refractivity contribution in [3.8, 4) is 0 Å². The topological polar surface area (TPSA) is 15.3 Å². The van der Waals surface area contributed by atoms with Crippen LogP contribution in [0, 0.1) is 5.92 Å². The number of benzene rings is 1. The fraction of sp³-hybridized carbons (Fsp3) is 0.625. The van der Waals surface area contributed by atoms with Crippen molar-refractivity contribution in [3.63, 3.8) is 0 Å². The van der Waals surface area contributed by atoms with Gasteiger partial charge in [0.25, 0.3) is 0 Å². The maximum Gasteiger partial charge on any atom is 0.0658 e. The lowest BCUT2D eigenvalue weighted by Crippen LogP contribution is -2.58. The Bertz CT molecular complexity index is 430. The number of halogens is 2. The first-order valence-electron chi connectivity index (χ1n) is 7.52.